The van der Waals surface area contributed by atoms with Crippen LogP contribution in [-0.2, 0) is 0 Å². The fourth-order valence-corrected chi connectivity index (χ4v) is 3.54. The number of hydrogen-bond acceptors (Lipinski definition) is 3. The Morgan fingerprint density at radius 3 is 3.16 bits per heavy atom. The van der Waals surface area contributed by atoms with Crippen molar-refractivity contribution in [3.63, 3.8) is 0 Å². The van der Waals surface area contributed by atoms with Crippen LogP contribution in [-0.4, -0.2) is 25.2 Å². The molecule has 3 nitrogen and oxygen atoms in total. The van der Waals surface area contributed by atoms with E-state index in [4.69, 9.17) is 4.74 Å². The van der Waals surface area contributed by atoms with Crippen LogP contribution >= 0.6 is 15.9 Å². The van der Waals surface area contributed by atoms with E-state index in [2.05, 4.69) is 38.4 Å². The van der Waals surface area contributed by atoms with Crippen LogP contribution in [0.2, 0.25) is 0 Å². The first-order valence-corrected chi connectivity index (χ1v) is 7.68. The molecule has 0 spiro atoms. The molecule has 1 saturated heterocycles. The summed E-state index contributed by atoms with van der Waals surface area (Å²) in [5.74, 6) is 2.37. The lowest BCUT2D eigenvalue weighted by molar-refractivity contribution is 0.279. The first kappa shape index (κ1) is 13.1. The fraction of sp³-hybridized carbons (Fsp3) is 0.533. The van der Waals surface area contributed by atoms with Gasteiger partial charge in [0.25, 0.3) is 0 Å². The summed E-state index contributed by atoms with van der Waals surface area (Å²) in [5.41, 5.74) is 2.62. The van der Waals surface area contributed by atoms with Gasteiger partial charge in [-0.1, -0.05) is 6.08 Å². The third-order valence-electron chi connectivity index (χ3n) is 4.27. The number of methoxy groups -OCH3 is 1. The Bertz CT molecular complexity index is 501. The molecule has 0 amide bonds. The molecule has 2 aliphatic rings. The molecule has 0 bridgehead atoms. The Labute approximate surface area is 122 Å². The number of nitrogens with zero attached hydrogens (tertiary/aromatic N) is 1. The van der Waals surface area contributed by atoms with Crippen LogP contribution in [0.5, 0.6) is 5.75 Å². The minimum atomic E-state index is 0.687. The number of pyridine rings is 1. The molecule has 1 aliphatic carbocycles. The lowest BCUT2D eigenvalue weighted by atomic mass is 9.76. The number of allylic oxidation sites excluding steroid dienone is 1. The van der Waals surface area contributed by atoms with E-state index in [-0.39, 0.29) is 0 Å². The minimum absolute atomic E-state index is 0.687. The van der Waals surface area contributed by atoms with Crippen molar-refractivity contribution in [3.05, 3.63) is 28.5 Å². The van der Waals surface area contributed by atoms with Crippen molar-refractivity contribution in [1.29, 1.82) is 0 Å². The zero-order valence-electron chi connectivity index (χ0n) is 11.2. The van der Waals surface area contributed by atoms with Gasteiger partial charge in [0.2, 0.25) is 0 Å². The molecule has 3 rings (SSSR count). The second-order valence-corrected chi connectivity index (χ2v) is 6.12. The van der Waals surface area contributed by atoms with Gasteiger partial charge in [0, 0.05) is 12.7 Å². The lowest BCUT2D eigenvalue weighted by Gasteiger charge is -2.34. The molecule has 1 aromatic rings. The number of hydrogen-bond donors (Lipinski definition) is 1. The maximum atomic E-state index is 5.33. The average Bonchev–Trinajstić information content (AvgIpc) is 2.47. The fourth-order valence-electron chi connectivity index (χ4n) is 3.16. The molecule has 1 fully saturated rings. The summed E-state index contributed by atoms with van der Waals surface area (Å²) < 4.78 is 6.10. The van der Waals surface area contributed by atoms with Crippen molar-refractivity contribution in [2.45, 2.75) is 19.3 Å². The van der Waals surface area contributed by atoms with E-state index < -0.39 is 0 Å². The molecule has 0 aromatic carbocycles. The quantitative estimate of drug-likeness (QED) is 0.849. The van der Waals surface area contributed by atoms with E-state index in [1.54, 1.807) is 7.11 Å². The molecule has 2 atom stereocenters. The average molecular weight is 323 g/mol. The van der Waals surface area contributed by atoms with Gasteiger partial charge in [-0.2, -0.15) is 0 Å². The summed E-state index contributed by atoms with van der Waals surface area (Å²) in [4.78, 5) is 4.36. The Kier molecular flexibility index (Phi) is 3.89. The van der Waals surface area contributed by atoms with Crippen LogP contribution in [0, 0.1) is 11.8 Å². The molecule has 102 valence electrons. The van der Waals surface area contributed by atoms with E-state index in [1.165, 1.54) is 30.5 Å². The van der Waals surface area contributed by atoms with Gasteiger partial charge in [-0.15, -0.1) is 0 Å². The number of piperidine rings is 1. The van der Waals surface area contributed by atoms with E-state index in [1.807, 2.05) is 6.20 Å². The lowest BCUT2D eigenvalue weighted by Crippen LogP contribution is -2.37. The summed E-state index contributed by atoms with van der Waals surface area (Å²) in [6.07, 6.45) is 8.17. The monoisotopic (exact) mass is 322 g/mol. The van der Waals surface area contributed by atoms with Gasteiger partial charge in [-0.25, -0.2) is 4.98 Å². The minimum Gasteiger partial charge on any atom is -0.494 e. The molecule has 1 aliphatic heterocycles. The molecule has 1 N–H and O–H groups in total. The smallest absolute Gasteiger partial charge is 0.152 e. The van der Waals surface area contributed by atoms with Crippen LogP contribution in [0.3, 0.4) is 0 Å². The van der Waals surface area contributed by atoms with Gasteiger partial charge >= 0.3 is 0 Å². The summed E-state index contributed by atoms with van der Waals surface area (Å²) >= 11 is 3.40. The highest BCUT2D eigenvalue weighted by Gasteiger charge is 2.27. The van der Waals surface area contributed by atoms with E-state index >= 15 is 0 Å². The second-order valence-electron chi connectivity index (χ2n) is 5.36. The number of rotatable bonds is 2. The molecule has 2 heterocycles. The van der Waals surface area contributed by atoms with E-state index in [0.717, 1.165) is 29.2 Å². The normalized spacial score (nSPS) is 26.5. The SMILES string of the molecule is COc1cc(C2=C[C@@H]3CNCC[C@@H]3CC2)cnc1Br. The van der Waals surface area contributed by atoms with Crippen molar-refractivity contribution < 1.29 is 4.74 Å². The standard InChI is InChI=1S/C15H19BrN2O/c1-19-14-7-13(9-18-15(14)16)11-3-2-10-4-5-17-8-12(10)6-11/h6-7,9-10,12,17H,2-5,8H2,1H3/t10-,12+/m0/s1. The number of ether oxygens (including phenoxy) is 1. The van der Waals surface area contributed by atoms with Crippen molar-refractivity contribution >= 4 is 21.5 Å². The molecule has 0 radical (unpaired) electrons. The van der Waals surface area contributed by atoms with E-state index in [0.29, 0.717) is 5.92 Å². The van der Waals surface area contributed by atoms with Crippen LogP contribution in [0.15, 0.2) is 22.9 Å². The number of fused-ring (bicyclic) bond motifs is 1. The molecular weight excluding hydrogens is 304 g/mol. The molecule has 4 heteroatoms. The zero-order valence-corrected chi connectivity index (χ0v) is 12.7. The second kappa shape index (κ2) is 5.63. The molecular formula is C15H19BrN2O. The highest BCUT2D eigenvalue weighted by Crippen LogP contribution is 2.37. The van der Waals surface area contributed by atoms with E-state index in [9.17, 15) is 0 Å². The van der Waals surface area contributed by atoms with Crippen LogP contribution in [0.1, 0.15) is 24.8 Å². The van der Waals surface area contributed by atoms with Gasteiger partial charge in [0.15, 0.2) is 5.75 Å². The van der Waals surface area contributed by atoms with Crippen molar-refractivity contribution in [3.8, 4) is 5.75 Å². The first-order chi connectivity index (χ1) is 9.28. The van der Waals surface area contributed by atoms with Gasteiger partial charge in [-0.05, 0) is 70.8 Å². The van der Waals surface area contributed by atoms with Crippen LogP contribution < -0.4 is 10.1 Å². The summed E-state index contributed by atoms with van der Waals surface area (Å²) in [6, 6.07) is 2.08. The molecule has 0 unspecified atom stereocenters. The van der Waals surface area contributed by atoms with Crippen molar-refractivity contribution in [1.82, 2.24) is 10.3 Å². The number of aromatic nitrogens is 1. The maximum Gasteiger partial charge on any atom is 0.152 e. The van der Waals surface area contributed by atoms with Gasteiger partial charge in [0.05, 0.1) is 7.11 Å². The predicted octanol–water partition coefficient (Wildman–Crippen LogP) is 3.26. The highest BCUT2D eigenvalue weighted by atomic mass is 79.9. The third kappa shape index (κ3) is 2.70. The Morgan fingerprint density at radius 2 is 2.32 bits per heavy atom. The zero-order chi connectivity index (χ0) is 13.2. The summed E-state index contributed by atoms with van der Waals surface area (Å²) in [6.45, 7) is 2.30. The summed E-state index contributed by atoms with van der Waals surface area (Å²) in [7, 11) is 1.68. The maximum absolute atomic E-state index is 5.33. The third-order valence-corrected chi connectivity index (χ3v) is 4.87. The largest absolute Gasteiger partial charge is 0.494 e. The van der Waals surface area contributed by atoms with Crippen molar-refractivity contribution in [2.75, 3.05) is 20.2 Å². The van der Waals surface area contributed by atoms with Gasteiger partial charge in [0.1, 0.15) is 4.60 Å². The molecule has 0 saturated carbocycles. The van der Waals surface area contributed by atoms with Crippen LogP contribution in [0.25, 0.3) is 5.57 Å². The number of halogens is 1. The topological polar surface area (TPSA) is 34.1 Å². The van der Waals surface area contributed by atoms with Crippen molar-refractivity contribution in [2.24, 2.45) is 11.8 Å². The van der Waals surface area contributed by atoms with Gasteiger partial charge < -0.3 is 10.1 Å². The highest BCUT2D eigenvalue weighted by molar-refractivity contribution is 9.10. The predicted molar refractivity (Wildman–Crippen MR) is 80.2 cm³/mol. The Hall–Kier alpha value is -0.870. The van der Waals surface area contributed by atoms with Gasteiger partial charge in [-0.3, -0.25) is 0 Å². The Balaban J connectivity index is 1.87. The molecule has 1 aromatic heterocycles. The van der Waals surface area contributed by atoms with Crippen LogP contribution in [0.4, 0.5) is 0 Å². The number of nitrogens with one attached hydrogen (secondary N) is 1. The summed E-state index contributed by atoms with van der Waals surface area (Å²) in [5, 5.41) is 3.50. The first-order valence-electron chi connectivity index (χ1n) is 6.89. The molecule has 19 heavy (non-hydrogen) atoms. The Morgan fingerprint density at radius 1 is 1.42 bits per heavy atom.